The number of ether oxygens (including phenoxy) is 1. The molecule has 0 aliphatic heterocycles. The van der Waals surface area contributed by atoms with Gasteiger partial charge in [-0.25, -0.2) is 14.2 Å². The molecule has 1 amide bonds. The number of hydrogen-bond donors (Lipinski definition) is 3. The van der Waals surface area contributed by atoms with Crippen molar-refractivity contribution >= 4 is 28.3 Å². The number of carbonyl (C=O) groups is 1. The molecule has 0 atom stereocenters. The Bertz CT molecular complexity index is 801. The van der Waals surface area contributed by atoms with Gasteiger partial charge in [-0.05, 0) is 6.07 Å². The Labute approximate surface area is 128 Å². The number of aromatic amines is 1. The molecule has 0 radical (unpaired) electrons. The first kappa shape index (κ1) is 14.3. The second kappa shape index (κ2) is 6.02. The van der Waals surface area contributed by atoms with E-state index < -0.39 is 11.9 Å². The van der Waals surface area contributed by atoms with Crippen molar-refractivity contribution in [2.75, 3.05) is 0 Å². The Balaban J connectivity index is 1.79. The van der Waals surface area contributed by atoms with E-state index in [1.165, 1.54) is 17.4 Å². The van der Waals surface area contributed by atoms with Gasteiger partial charge in [-0.3, -0.25) is 0 Å². The van der Waals surface area contributed by atoms with E-state index in [1.54, 1.807) is 17.6 Å². The minimum Gasteiger partial charge on any atom is -0.487 e. The Morgan fingerprint density at radius 3 is 3.05 bits per heavy atom. The van der Waals surface area contributed by atoms with Crippen molar-refractivity contribution in [3.8, 4) is 5.75 Å². The van der Waals surface area contributed by atoms with Gasteiger partial charge in [0.05, 0.1) is 23.3 Å². The zero-order valence-corrected chi connectivity index (χ0v) is 12.1. The summed E-state index contributed by atoms with van der Waals surface area (Å²) in [6.45, 7) is 0.348. The summed E-state index contributed by atoms with van der Waals surface area (Å²) >= 11 is 1.47. The molecule has 3 N–H and O–H groups in total. The van der Waals surface area contributed by atoms with Gasteiger partial charge in [-0.2, -0.15) is 0 Å². The summed E-state index contributed by atoms with van der Waals surface area (Å²) in [6.07, 6.45) is -1.13. The van der Waals surface area contributed by atoms with Crippen LogP contribution in [0.4, 0.5) is 9.18 Å². The molecule has 2 heterocycles. The maximum Gasteiger partial charge on any atom is 0.404 e. The molecular formula is C14H12FN3O3S. The number of nitrogens with zero attached hydrogens (tertiary/aromatic N) is 1. The van der Waals surface area contributed by atoms with Crippen LogP contribution in [0.15, 0.2) is 29.1 Å². The predicted molar refractivity (Wildman–Crippen MR) is 79.6 cm³/mol. The van der Waals surface area contributed by atoms with Crippen molar-refractivity contribution in [1.82, 2.24) is 15.3 Å². The van der Waals surface area contributed by atoms with Crippen LogP contribution in [0, 0.1) is 5.82 Å². The first-order valence-corrected chi connectivity index (χ1v) is 7.34. The fourth-order valence-electron chi connectivity index (χ4n) is 2.04. The van der Waals surface area contributed by atoms with Gasteiger partial charge in [0.15, 0.2) is 0 Å². The molecule has 2 aromatic heterocycles. The van der Waals surface area contributed by atoms with E-state index in [2.05, 4.69) is 15.3 Å². The van der Waals surface area contributed by atoms with E-state index in [-0.39, 0.29) is 13.2 Å². The van der Waals surface area contributed by atoms with Crippen molar-refractivity contribution in [2.24, 2.45) is 0 Å². The summed E-state index contributed by atoms with van der Waals surface area (Å²) in [5, 5.41) is 13.1. The molecule has 0 saturated heterocycles. The largest absolute Gasteiger partial charge is 0.487 e. The maximum absolute atomic E-state index is 14.1. The number of nitrogens with one attached hydrogen (secondary N) is 2. The fraction of sp³-hybridized carbons (Fsp3) is 0.143. The summed E-state index contributed by atoms with van der Waals surface area (Å²) in [5.74, 6) is -0.0406. The molecule has 3 aromatic rings. The van der Waals surface area contributed by atoms with Crippen molar-refractivity contribution in [3.63, 3.8) is 0 Å². The average Bonchev–Trinajstić information content (AvgIpc) is 3.12. The first-order chi connectivity index (χ1) is 10.6. The Morgan fingerprint density at radius 2 is 2.32 bits per heavy atom. The van der Waals surface area contributed by atoms with Crippen LogP contribution in [-0.2, 0) is 13.2 Å². The van der Waals surface area contributed by atoms with Crippen LogP contribution in [0.3, 0.4) is 0 Å². The minimum atomic E-state index is -1.13. The van der Waals surface area contributed by atoms with Gasteiger partial charge < -0.3 is 20.1 Å². The average molecular weight is 321 g/mol. The van der Waals surface area contributed by atoms with Gasteiger partial charge in [0.1, 0.15) is 18.2 Å². The van der Waals surface area contributed by atoms with E-state index in [4.69, 9.17) is 9.84 Å². The standard InChI is InChI=1S/C14H12FN3O3S/c15-12-2-10(21-5-9-6-22-7-17-9)3-13-11(12)1-8(18-13)4-16-14(19)20/h1-3,6-7,16,18H,4-5H2,(H,19,20). The number of amides is 1. The molecule has 0 unspecified atom stereocenters. The summed E-state index contributed by atoms with van der Waals surface area (Å²) < 4.78 is 19.6. The number of fused-ring (bicyclic) bond motifs is 1. The topological polar surface area (TPSA) is 87.2 Å². The lowest BCUT2D eigenvalue weighted by Gasteiger charge is -2.05. The molecule has 1 aromatic carbocycles. The van der Waals surface area contributed by atoms with E-state index in [0.717, 1.165) is 5.69 Å². The van der Waals surface area contributed by atoms with Crippen LogP contribution < -0.4 is 10.1 Å². The third-order valence-corrected chi connectivity index (χ3v) is 3.65. The highest BCUT2D eigenvalue weighted by molar-refractivity contribution is 7.07. The van der Waals surface area contributed by atoms with Crippen molar-refractivity contribution in [3.05, 3.63) is 46.3 Å². The minimum absolute atomic E-state index is 0.0818. The van der Waals surface area contributed by atoms with Gasteiger partial charge in [0.25, 0.3) is 0 Å². The number of carboxylic acid groups (broad SMARTS) is 1. The summed E-state index contributed by atoms with van der Waals surface area (Å²) in [7, 11) is 0. The molecule has 8 heteroatoms. The van der Waals surface area contributed by atoms with Gasteiger partial charge >= 0.3 is 6.09 Å². The van der Waals surface area contributed by atoms with Crippen LogP contribution in [0.2, 0.25) is 0 Å². The zero-order chi connectivity index (χ0) is 15.5. The van der Waals surface area contributed by atoms with E-state index in [1.807, 2.05) is 5.38 Å². The SMILES string of the molecule is O=C(O)NCc1cc2c(F)cc(OCc3cscn3)cc2[nH]1. The quantitative estimate of drug-likeness (QED) is 0.674. The monoisotopic (exact) mass is 321 g/mol. The van der Waals surface area contributed by atoms with Crippen molar-refractivity contribution in [2.45, 2.75) is 13.2 Å². The Morgan fingerprint density at radius 1 is 1.45 bits per heavy atom. The van der Waals surface area contributed by atoms with Crippen LogP contribution in [-0.4, -0.2) is 21.2 Å². The van der Waals surface area contributed by atoms with Gasteiger partial charge in [-0.15, -0.1) is 11.3 Å². The molecule has 0 saturated carbocycles. The normalized spacial score (nSPS) is 10.8. The van der Waals surface area contributed by atoms with E-state index >= 15 is 0 Å². The highest BCUT2D eigenvalue weighted by Gasteiger charge is 2.10. The molecule has 22 heavy (non-hydrogen) atoms. The number of aromatic nitrogens is 2. The maximum atomic E-state index is 14.1. The third-order valence-electron chi connectivity index (χ3n) is 3.02. The molecular weight excluding hydrogens is 309 g/mol. The molecule has 0 bridgehead atoms. The second-order valence-electron chi connectivity index (χ2n) is 4.59. The highest BCUT2D eigenvalue weighted by Crippen LogP contribution is 2.25. The van der Waals surface area contributed by atoms with Crippen molar-refractivity contribution < 1.29 is 19.0 Å². The molecule has 0 fully saturated rings. The number of thiazole rings is 1. The molecule has 0 aliphatic rings. The summed E-state index contributed by atoms with van der Waals surface area (Å²) in [5.41, 5.74) is 3.61. The van der Waals surface area contributed by atoms with Crippen molar-refractivity contribution in [1.29, 1.82) is 0 Å². The Kier molecular flexibility index (Phi) is 3.92. The fourth-order valence-corrected chi connectivity index (χ4v) is 2.58. The number of hydrogen-bond acceptors (Lipinski definition) is 4. The van der Waals surface area contributed by atoms with Gasteiger partial charge in [0, 0.05) is 28.6 Å². The molecule has 6 nitrogen and oxygen atoms in total. The third kappa shape index (κ3) is 3.17. The lowest BCUT2D eigenvalue weighted by molar-refractivity contribution is 0.194. The smallest absolute Gasteiger partial charge is 0.404 e. The summed E-state index contributed by atoms with van der Waals surface area (Å²) in [6, 6.07) is 4.55. The first-order valence-electron chi connectivity index (χ1n) is 6.39. The van der Waals surface area contributed by atoms with E-state index in [0.29, 0.717) is 22.3 Å². The molecule has 0 aliphatic carbocycles. The molecule has 0 spiro atoms. The lowest BCUT2D eigenvalue weighted by atomic mass is 10.2. The van der Waals surface area contributed by atoms with Crippen LogP contribution >= 0.6 is 11.3 Å². The van der Waals surface area contributed by atoms with Crippen LogP contribution in [0.1, 0.15) is 11.4 Å². The molecule has 3 rings (SSSR count). The van der Waals surface area contributed by atoms with Crippen LogP contribution in [0.5, 0.6) is 5.75 Å². The number of benzene rings is 1. The highest BCUT2D eigenvalue weighted by atomic mass is 32.1. The van der Waals surface area contributed by atoms with Gasteiger partial charge in [0.2, 0.25) is 0 Å². The molecule has 114 valence electrons. The lowest BCUT2D eigenvalue weighted by Crippen LogP contribution is -2.19. The second-order valence-corrected chi connectivity index (χ2v) is 5.31. The van der Waals surface area contributed by atoms with Gasteiger partial charge in [-0.1, -0.05) is 0 Å². The zero-order valence-electron chi connectivity index (χ0n) is 11.3. The number of H-pyrrole nitrogens is 1. The summed E-state index contributed by atoms with van der Waals surface area (Å²) in [4.78, 5) is 17.5. The predicted octanol–water partition coefficient (Wildman–Crippen LogP) is 3.11. The number of halogens is 1. The Hall–Kier alpha value is -2.61. The number of rotatable bonds is 5. The van der Waals surface area contributed by atoms with E-state index in [9.17, 15) is 9.18 Å². The van der Waals surface area contributed by atoms with Crippen LogP contribution in [0.25, 0.3) is 10.9 Å².